The molecule has 0 spiro atoms. The third-order valence-corrected chi connectivity index (χ3v) is 5.19. The first-order valence-electron chi connectivity index (χ1n) is 5.60. The number of hydrogen-bond acceptors (Lipinski definition) is 3. The van der Waals surface area contributed by atoms with Crippen molar-refractivity contribution >= 4 is 21.6 Å². The van der Waals surface area contributed by atoms with Crippen molar-refractivity contribution in [1.82, 2.24) is 9.62 Å². The van der Waals surface area contributed by atoms with Gasteiger partial charge in [0, 0.05) is 25.7 Å². The molecule has 2 rings (SSSR count). The third-order valence-electron chi connectivity index (χ3n) is 2.84. The summed E-state index contributed by atoms with van der Waals surface area (Å²) in [5.41, 5.74) is 0. The van der Waals surface area contributed by atoms with E-state index in [2.05, 4.69) is 5.32 Å². The molecule has 0 aliphatic carbocycles. The zero-order valence-electron chi connectivity index (χ0n) is 9.86. The maximum Gasteiger partial charge on any atom is 0.244 e. The van der Waals surface area contributed by atoms with E-state index in [0.717, 1.165) is 12.1 Å². The molecule has 1 aliphatic rings. The smallest absolute Gasteiger partial charge is 0.244 e. The zero-order chi connectivity index (χ0) is 13.3. The van der Waals surface area contributed by atoms with Gasteiger partial charge in [0.15, 0.2) is 0 Å². The zero-order valence-corrected chi connectivity index (χ0v) is 11.4. The van der Waals surface area contributed by atoms with Crippen LogP contribution in [-0.4, -0.2) is 38.4 Å². The minimum atomic E-state index is -3.73. The van der Waals surface area contributed by atoms with Gasteiger partial charge in [-0.15, -0.1) is 0 Å². The van der Waals surface area contributed by atoms with Crippen molar-refractivity contribution in [2.75, 3.05) is 19.6 Å². The van der Waals surface area contributed by atoms with Crippen molar-refractivity contribution in [3.05, 3.63) is 29.0 Å². The van der Waals surface area contributed by atoms with Gasteiger partial charge in [-0.2, -0.15) is 4.31 Å². The maximum absolute atomic E-state index is 13.2. The number of rotatable bonds is 2. The summed E-state index contributed by atoms with van der Waals surface area (Å²) in [6.07, 6.45) is 0. The average molecular weight is 293 g/mol. The van der Waals surface area contributed by atoms with Gasteiger partial charge in [-0.25, -0.2) is 12.8 Å². The Morgan fingerprint density at radius 3 is 2.89 bits per heavy atom. The second-order valence-corrected chi connectivity index (χ2v) is 6.61. The van der Waals surface area contributed by atoms with Crippen LogP contribution >= 0.6 is 11.6 Å². The van der Waals surface area contributed by atoms with Gasteiger partial charge >= 0.3 is 0 Å². The van der Waals surface area contributed by atoms with E-state index in [0.29, 0.717) is 19.6 Å². The van der Waals surface area contributed by atoms with Crippen LogP contribution in [0.4, 0.5) is 4.39 Å². The Balaban J connectivity index is 2.38. The second kappa shape index (κ2) is 5.13. The number of halogens is 2. The molecule has 0 saturated carbocycles. The lowest BCUT2D eigenvalue weighted by atomic mass is 10.3. The standard InChI is InChI=1S/C11H14ClFN2O2S/c1-8-7-15(5-4-14-8)18(16,17)11-6-9(13)2-3-10(11)12/h2-3,6,8,14H,4-5,7H2,1H3/t8-/m1/s1. The fourth-order valence-electron chi connectivity index (χ4n) is 1.93. The minimum Gasteiger partial charge on any atom is -0.312 e. The van der Waals surface area contributed by atoms with Gasteiger partial charge < -0.3 is 5.32 Å². The van der Waals surface area contributed by atoms with Crippen LogP contribution in [0, 0.1) is 5.82 Å². The van der Waals surface area contributed by atoms with Gasteiger partial charge in [-0.3, -0.25) is 0 Å². The summed E-state index contributed by atoms with van der Waals surface area (Å²) in [5, 5.41) is 3.19. The Morgan fingerprint density at radius 1 is 1.50 bits per heavy atom. The van der Waals surface area contributed by atoms with Crippen LogP contribution in [0.25, 0.3) is 0 Å². The monoisotopic (exact) mass is 292 g/mol. The molecule has 1 aromatic carbocycles. The van der Waals surface area contributed by atoms with Crippen LogP contribution in [-0.2, 0) is 10.0 Å². The van der Waals surface area contributed by atoms with E-state index in [9.17, 15) is 12.8 Å². The molecule has 1 atom stereocenters. The predicted molar refractivity (Wildman–Crippen MR) is 67.6 cm³/mol. The molecule has 1 aliphatic heterocycles. The fraction of sp³-hybridized carbons (Fsp3) is 0.455. The number of nitrogens with one attached hydrogen (secondary N) is 1. The molecule has 1 heterocycles. The number of hydrogen-bond donors (Lipinski definition) is 1. The number of piperazine rings is 1. The Labute approximate surface area is 111 Å². The van der Waals surface area contributed by atoms with Crippen LogP contribution in [0.3, 0.4) is 0 Å². The molecule has 1 N–H and O–H groups in total. The summed E-state index contributed by atoms with van der Waals surface area (Å²) in [7, 11) is -3.73. The maximum atomic E-state index is 13.2. The Kier molecular flexibility index (Phi) is 3.91. The topological polar surface area (TPSA) is 49.4 Å². The van der Waals surface area contributed by atoms with Crippen molar-refractivity contribution < 1.29 is 12.8 Å². The lowest BCUT2D eigenvalue weighted by Gasteiger charge is -2.31. The highest BCUT2D eigenvalue weighted by Crippen LogP contribution is 2.26. The van der Waals surface area contributed by atoms with Gasteiger partial charge in [-0.1, -0.05) is 11.6 Å². The van der Waals surface area contributed by atoms with E-state index in [1.165, 1.54) is 10.4 Å². The van der Waals surface area contributed by atoms with E-state index < -0.39 is 15.8 Å². The van der Waals surface area contributed by atoms with Crippen LogP contribution in [0.1, 0.15) is 6.92 Å². The molecule has 100 valence electrons. The molecular formula is C11H14ClFN2O2S. The van der Waals surface area contributed by atoms with Crippen LogP contribution < -0.4 is 5.32 Å². The summed E-state index contributed by atoms with van der Waals surface area (Å²) in [6, 6.07) is 3.43. The molecular weight excluding hydrogens is 279 g/mol. The van der Waals surface area contributed by atoms with Gasteiger partial charge in [0.1, 0.15) is 10.7 Å². The molecule has 0 bridgehead atoms. The number of nitrogens with zero attached hydrogens (tertiary/aromatic N) is 1. The average Bonchev–Trinajstić information content (AvgIpc) is 2.32. The number of sulfonamides is 1. The van der Waals surface area contributed by atoms with Crippen LogP contribution in [0.5, 0.6) is 0 Å². The van der Waals surface area contributed by atoms with Gasteiger partial charge in [-0.05, 0) is 25.1 Å². The molecule has 7 heteroatoms. The first kappa shape index (κ1) is 13.7. The largest absolute Gasteiger partial charge is 0.312 e. The number of benzene rings is 1. The Bertz CT molecular complexity index is 550. The molecule has 18 heavy (non-hydrogen) atoms. The lowest BCUT2D eigenvalue weighted by molar-refractivity contribution is 0.310. The Morgan fingerprint density at radius 2 is 2.22 bits per heavy atom. The van der Waals surface area contributed by atoms with Crippen molar-refractivity contribution in [1.29, 1.82) is 0 Å². The third kappa shape index (κ3) is 2.66. The van der Waals surface area contributed by atoms with Gasteiger partial charge in [0.05, 0.1) is 5.02 Å². The molecule has 4 nitrogen and oxygen atoms in total. The first-order valence-corrected chi connectivity index (χ1v) is 7.41. The molecule has 0 amide bonds. The van der Waals surface area contributed by atoms with Crippen LogP contribution in [0.2, 0.25) is 5.02 Å². The molecule has 0 unspecified atom stereocenters. The molecule has 1 saturated heterocycles. The van der Waals surface area contributed by atoms with Gasteiger partial charge in [0.25, 0.3) is 0 Å². The summed E-state index contributed by atoms with van der Waals surface area (Å²) < 4.78 is 39.2. The van der Waals surface area contributed by atoms with E-state index in [1.54, 1.807) is 0 Å². The van der Waals surface area contributed by atoms with E-state index >= 15 is 0 Å². The first-order chi connectivity index (χ1) is 8.41. The minimum absolute atomic E-state index is 0.0441. The van der Waals surface area contributed by atoms with Crippen LogP contribution in [0.15, 0.2) is 23.1 Å². The van der Waals surface area contributed by atoms with Crippen molar-refractivity contribution in [2.45, 2.75) is 17.9 Å². The van der Waals surface area contributed by atoms with E-state index in [1.807, 2.05) is 6.92 Å². The SMILES string of the molecule is C[C@@H]1CN(S(=O)(=O)c2cc(F)ccc2Cl)CCN1. The summed E-state index contributed by atoms with van der Waals surface area (Å²) in [5.74, 6) is -0.610. The van der Waals surface area contributed by atoms with Crippen molar-refractivity contribution in [2.24, 2.45) is 0 Å². The quantitative estimate of drug-likeness (QED) is 0.898. The lowest BCUT2D eigenvalue weighted by Crippen LogP contribution is -2.51. The van der Waals surface area contributed by atoms with Gasteiger partial charge in [0.2, 0.25) is 10.0 Å². The summed E-state index contributed by atoms with van der Waals surface area (Å²) in [4.78, 5) is -0.168. The molecule has 1 aromatic rings. The summed E-state index contributed by atoms with van der Waals surface area (Å²) >= 11 is 5.85. The highest BCUT2D eigenvalue weighted by Gasteiger charge is 2.30. The molecule has 1 fully saturated rings. The van der Waals surface area contributed by atoms with E-state index in [4.69, 9.17) is 11.6 Å². The Hall–Kier alpha value is -0.690. The summed E-state index contributed by atoms with van der Waals surface area (Å²) in [6.45, 7) is 3.19. The predicted octanol–water partition coefficient (Wildman–Crippen LogP) is 1.46. The molecule has 0 radical (unpaired) electrons. The highest BCUT2D eigenvalue weighted by atomic mass is 35.5. The fourth-order valence-corrected chi connectivity index (χ4v) is 3.94. The van der Waals surface area contributed by atoms with Crippen molar-refractivity contribution in [3.8, 4) is 0 Å². The normalized spacial score (nSPS) is 22.1. The highest BCUT2D eigenvalue weighted by molar-refractivity contribution is 7.89. The van der Waals surface area contributed by atoms with E-state index in [-0.39, 0.29) is 16.0 Å². The second-order valence-electron chi connectivity index (χ2n) is 4.29. The molecule has 0 aromatic heterocycles. The van der Waals surface area contributed by atoms with Crippen molar-refractivity contribution in [3.63, 3.8) is 0 Å².